The van der Waals surface area contributed by atoms with Gasteiger partial charge in [-0.25, -0.2) is 8.42 Å². The van der Waals surface area contributed by atoms with Gasteiger partial charge in [0.2, 0.25) is 0 Å². The summed E-state index contributed by atoms with van der Waals surface area (Å²) >= 11 is 13.1. The van der Waals surface area contributed by atoms with Gasteiger partial charge in [-0.2, -0.15) is 0 Å². The van der Waals surface area contributed by atoms with E-state index in [4.69, 9.17) is 5.73 Å². The molecule has 0 heterocycles. The van der Waals surface area contributed by atoms with E-state index in [1.54, 1.807) is 24.3 Å². The first-order valence-corrected chi connectivity index (χ1v) is 10.1. The molecular weight excluding hydrogens is 556 g/mol. The van der Waals surface area contributed by atoms with Crippen molar-refractivity contribution in [1.29, 1.82) is 0 Å². The largest absolute Gasteiger partial charge is 0.398 e. The second kappa shape index (κ2) is 6.57. The molecule has 0 saturated heterocycles. The number of benzene rings is 2. The minimum absolute atomic E-state index is 0.00224. The molecule has 0 unspecified atom stereocenters. The molecule has 0 aliphatic carbocycles. The van der Waals surface area contributed by atoms with Gasteiger partial charge < -0.3 is 5.73 Å². The number of hydrogen-bond acceptors (Lipinski definition) is 3. The van der Waals surface area contributed by atoms with Crippen molar-refractivity contribution in [3.8, 4) is 0 Å². The Balaban J connectivity index is 2.51. The minimum atomic E-state index is -3.82. The summed E-state index contributed by atoms with van der Waals surface area (Å²) in [5.41, 5.74) is 6.39. The Hall–Kier alpha value is -0.0900. The fraction of sp³-hybridized carbons (Fsp3) is 0. The van der Waals surface area contributed by atoms with Crippen LogP contribution in [-0.4, -0.2) is 8.42 Å². The molecule has 112 valence electrons. The maximum atomic E-state index is 12.5. The number of anilines is 2. The van der Waals surface area contributed by atoms with Gasteiger partial charge >= 0.3 is 0 Å². The fourth-order valence-corrected chi connectivity index (χ4v) is 5.62. The highest BCUT2D eigenvalue weighted by Crippen LogP contribution is 2.34. The predicted molar refractivity (Wildman–Crippen MR) is 98.9 cm³/mol. The highest BCUT2D eigenvalue weighted by atomic mass is 79.9. The van der Waals surface area contributed by atoms with Gasteiger partial charge in [0.05, 0.1) is 11.4 Å². The number of sulfonamides is 1. The van der Waals surface area contributed by atoms with Crippen LogP contribution in [0.15, 0.2) is 53.1 Å². The van der Waals surface area contributed by atoms with Gasteiger partial charge in [0.15, 0.2) is 0 Å². The lowest BCUT2D eigenvalue weighted by Gasteiger charge is -2.13. The third kappa shape index (κ3) is 4.01. The topological polar surface area (TPSA) is 72.2 Å². The van der Waals surface area contributed by atoms with E-state index in [2.05, 4.69) is 68.4 Å². The fourth-order valence-electron chi connectivity index (χ4n) is 1.64. The summed E-state index contributed by atoms with van der Waals surface area (Å²) in [6, 6.07) is 8.36. The smallest absolute Gasteiger partial charge is 0.265 e. The SMILES string of the molecule is Nc1cc(Br)cc(Br)c1S(=O)(=O)Nc1cc(Br)ccc1Br. The molecule has 9 heteroatoms. The molecule has 0 atom stereocenters. The average molecular weight is 564 g/mol. The number of nitrogens with one attached hydrogen (secondary N) is 1. The van der Waals surface area contributed by atoms with Gasteiger partial charge in [0.25, 0.3) is 10.0 Å². The molecule has 21 heavy (non-hydrogen) atoms. The molecule has 2 aromatic rings. The van der Waals surface area contributed by atoms with Crippen LogP contribution in [0.4, 0.5) is 11.4 Å². The van der Waals surface area contributed by atoms with Crippen LogP contribution in [0.1, 0.15) is 0 Å². The quantitative estimate of drug-likeness (QED) is 0.509. The van der Waals surface area contributed by atoms with Crippen molar-refractivity contribution in [1.82, 2.24) is 0 Å². The summed E-state index contributed by atoms with van der Waals surface area (Å²) in [7, 11) is -3.82. The van der Waals surface area contributed by atoms with Gasteiger partial charge in [0, 0.05) is 17.9 Å². The number of halogens is 4. The lowest BCUT2D eigenvalue weighted by atomic mass is 10.3. The molecule has 0 spiro atoms. The summed E-state index contributed by atoms with van der Waals surface area (Å²) in [6.45, 7) is 0. The zero-order valence-electron chi connectivity index (χ0n) is 10.2. The first-order valence-electron chi connectivity index (χ1n) is 5.43. The molecule has 2 aromatic carbocycles. The van der Waals surface area contributed by atoms with E-state index < -0.39 is 10.0 Å². The van der Waals surface area contributed by atoms with Crippen molar-refractivity contribution < 1.29 is 8.42 Å². The van der Waals surface area contributed by atoms with Gasteiger partial charge in [-0.15, -0.1) is 0 Å². The van der Waals surface area contributed by atoms with E-state index >= 15 is 0 Å². The number of nitrogen functional groups attached to an aromatic ring is 1. The lowest BCUT2D eigenvalue weighted by Crippen LogP contribution is -2.16. The molecule has 0 bridgehead atoms. The lowest BCUT2D eigenvalue weighted by molar-refractivity contribution is 0.601. The molecule has 0 fully saturated rings. The Bertz CT molecular complexity index is 786. The third-order valence-electron chi connectivity index (χ3n) is 2.48. The Morgan fingerprint density at radius 3 is 2.19 bits per heavy atom. The van der Waals surface area contributed by atoms with Crippen LogP contribution in [-0.2, 0) is 10.0 Å². The molecule has 0 aromatic heterocycles. The second-order valence-electron chi connectivity index (χ2n) is 4.04. The molecule has 2 rings (SSSR count). The summed E-state index contributed by atoms with van der Waals surface area (Å²) < 4.78 is 30.1. The van der Waals surface area contributed by atoms with Crippen LogP contribution in [0.25, 0.3) is 0 Å². The number of rotatable bonds is 3. The molecule has 4 nitrogen and oxygen atoms in total. The summed E-state index contributed by atoms with van der Waals surface area (Å²) in [5, 5.41) is 0. The first kappa shape index (κ1) is 17.3. The molecule has 0 amide bonds. The van der Waals surface area contributed by atoms with Crippen molar-refractivity contribution in [2.24, 2.45) is 0 Å². The van der Waals surface area contributed by atoms with E-state index in [-0.39, 0.29) is 10.6 Å². The van der Waals surface area contributed by atoms with Crippen LogP contribution >= 0.6 is 63.7 Å². The minimum Gasteiger partial charge on any atom is -0.398 e. The van der Waals surface area contributed by atoms with Gasteiger partial charge in [-0.1, -0.05) is 31.9 Å². The van der Waals surface area contributed by atoms with Crippen molar-refractivity contribution in [3.05, 3.63) is 48.2 Å². The van der Waals surface area contributed by atoms with Gasteiger partial charge in [0.1, 0.15) is 4.90 Å². The Kier molecular flexibility index (Phi) is 5.40. The van der Waals surface area contributed by atoms with Crippen molar-refractivity contribution in [3.63, 3.8) is 0 Å². The standard InChI is InChI=1S/C12H8Br4N2O2S/c13-6-1-2-8(15)11(5-6)18-21(19,20)12-9(16)3-7(14)4-10(12)17/h1-5,18H,17H2. The predicted octanol–water partition coefficient (Wildman–Crippen LogP) is 5.12. The number of nitrogens with two attached hydrogens (primary N) is 1. The monoisotopic (exact) mass is 560 g/mol. The molecule has 0 saturated carbocycles. The van der Waals surface area contributed by atoms with E-state index in [1.165, 1.54) is 6.07 Å². The molecule has 3 N–H and O–H groups in total. The molecule has 0 aliphatic rings. The number of hydrogen-bond donors (Lipinski definition) is 2. The summed E-state index contributed by atoms with van der Waals surface area (Å²) in [5.74, 6) is 0. The van der Waals surface area contributed by atoms with E-state index in [0.717, 1.165) is 4.47 Å². The van der Waals surface area contributed by atoms with E-state index in [1.807, 2.05) is 0 Å². The van der Waals surface area contributed by atoms with Crippen molar-refractivity contribution >= 4 is 85.1 Å². The first-order chi connectivity index (χ1) is 9.70. The Morgan fingerprint density at radius 1 is 0.905 bits per heavy atom. The maximum absolute atomic E-state index is 12.5. The normalized spacial score (nSPS) is 11.4. The van der Waals surface area contributed by atoms with Crippen molar-refractivity contribution in [2.45, 2.75) is 4.90 Å². The molecular formula is C12H8Br4N2O2S. The summed E-state index contributed by atoms with van der Waals surface area (Å²) in [6.07, 6.45) is 0. The van der Waals surface area contributed by atoms with E-state index in [9.17, 15) is 8.42 Å². The Morgan fingerprint density at radius 2 is 1.57 bits per heavy atom. The Labute approximate surface area is 156 Å². The van der Waals surface area contributed by atoms with Gasteiger partial charge in [-0.3, -0.25) is 4.72 Å². The molecule has 0 radical (unpaired) electrons. The van der Waals surface area contributed by atoms with Crippen molar-refractivity contribution in [2.75, 3.05) is 10.5 Å². The van der Waals surface area contributed by atoms with E-state index in [0.29, 0.717) is 19.1 Å². The van der Waals surface area contributed by atoms with Crippen LogP contribution in [0, 0.1) is 0 Å². The molecule has 0 aliphatic heterocycles. The van der Waals surface area contributed by atoms with Crippen LogP contribution in [0.2, 0.25) is 0 Å². The van der Waals surface area contributed by atoms with Crippen LogP contribution < -0.4 is 10.5 Å². The van der Waals surface area contributed by atoms with Gasteiger partial charge in [-0.05, 0) is 62.2 Å². The summed E-state index contributed by atoms with van der Waals surface area (Å²) in [4.78, 5) is -0.00224. The second-order valence-corrected chi connectivity index (χ2v) is 9.19. The zero-order chi connectivity index (χ0) is 15.8. The van der Waals surface area contributed by atoms with Crippen LogP contribution in [0.3, 0.4) is 0 Å². The highest BCUT2D eigenvalue weighted by molar-refractivity contribution is 9.11. The highest BCUT2D eigenvalue weighted by Gasteiger charge is 2.22. The average Bonchev–Trinajstić information content (AvgIpc) is 2.31. The maximum Gasteiger partial charge on any atom is 0.265 e. The van der Waals surface area contributed by atoms with Crippen LogP contribution in [0.5, 0.6) is 0 Å². The zero-order valence-corrected chi connectivity index (χ0v) is 17.4. The third-order valence-corrected chi connectivity index (χ3v) is 6.49.